The molecule has 0 saturated carbocycles. The Morgan fingerprint density at radius 1 is 1.29 bits per heavy atom. The molecule has 0 bridgehead atoms. The fraction of sp³-hybridized carbons (Fsp3) is 0. The van der Waals surface area contributed by atoms with Crippen LogP contribution < -0.4 is 0 Å². The van der Waals surface area contributed by atoms with Gasteiger partial charge in [-0.15, -0.1) is 5.11 Å². The van der Waals surface area contributed by atoms with Crippen LogP contribution in [0.2, 0.25) is 0 Å². The molecule has 1 aliphatic rings. The predicted octanol–water partition coefficient (Wildman–Crippen LogP) is 1.41. The van der Waals surface area contributed by atoms with Gasteiger partial charge in [-0.3, -0.25) is 0 Å². The van der Waals surface area contributed by atoms with E-state index >= 15 is 0 Å². The second-order valence-electron chi connectivity index (χ2n) is 0.973. The zero-order valence-electron chi connectivity index (χ0n) is 3.61. The van der Waals surface area contributed by atoms with Gasteiger partial charge in [0.25, 0.3) is 0 Å². The summed E-state index contributed by atoms with van der Waals surface area (Å²) in [5.41, 5.74) is 0. The summed E-state index contributed by atoms with van der Waals surface area (Å²) >= 11 is 0. The van der Waals surface area contributed by atoms with E-state index in [-0.39, 0.29) is 0 Å². The molecule has 1 aliphatic heterocycles. The van der Waals surface area contributed by atoms with Crippen molar-refractivity contribution >= 4 is 0 Å². The Morgan fingerprint density at radius 3 is 3.29 bits per heavy atom. The molecular weight excluding hydrogens is 92.1 g/mol. The van der Waals surface area contributed by atoms with Gasteiger partial charge in [-0.2, -0.15) is 0 Å². The van der Waals surface area contributed by atoms with Crippen LogP contribution in [0.4, 0.5) is 0 Å². The molecule has 0 aromatic rings. The van der Waals surface area contributed by atoms with Gasteiger partial charge in [-0.25, -0.2) is 0 Å². The Balaban J connectivity index is 2.60. The van der Waals surface area contributed by atoms with Crippen LogP contribution in [0.15, 0.2) is 35.0 Å². The Morgan fingerprint density at radius 2 is 2.29 bits per heavy atom. The van der Waals surface area contributed by atoms with Gasteiger partial charge in [0.1, 0.15) is 6.26 Å². The number of allylic oxidation sites excluding steroid dienone is 2. The molecule has 1 rings (SSSR count). The van der Waals surface area contributed by atoms with Gasteiger partial charge in [-0.1, -0.05) is 0 Å². The lowest BCUT2D eigenvalue weighted by Gasteiger charge is -1.75. The Bertz CT molecular complexity index is 112. The molecule has 0 N–H and O–H groups in total. The first kappa shape index (κ1) is 4.05. The molecular formula is C4H4N2O. The largest absolute Gasteiger partial charge is 0.347 e. The summed E-state index contributed by atoms with van der Waals surface area (Å²) in [5, 5.41) is 6.65. The minimum Gasteiger partial charge on any atom is -0.347 e. The standard InChI is InChI=1S/C4H4N2O/c1-2-4-7-6-5-3-1/h1-4H. The van der Waals surface area contributed by atoms with Crippen molar-refractivity contribution < 1.29 is 4.84 Å². The third kappa shape index (κ3) is 1.17. The first-order valence-corrected chi connectivity index (χ1v) is 1.88. The average Bonchev–Trinajstić information content (AvgIpc) is 1.90. The minimum atomic E-state index is 1.45. The summed E-state index contributed by atoms with van der Waals surface area (Å²) in [5.74, 6) is 0. The molecule has 0 amide bonds. The van der Waals surface area contributed by atoms with Crippen LogP contribution in [-0.4, -0.2) is 0 Å². The van der Waals surface area contributed by atoms with Crippen LogP contribution in [0.3, 0.4) is 0 Å². The minimum absolute atomic E-state index is 1.45. The van der Waals surface area contributed by atoms with E-state index in [1.165, 1.54) is 6.26 Å². The molecule has 0 aromatic heterocycles. The van der Waals surface area contributed by atoms with Crippen molar-refractivity contribution in [3.8, 4) is 0 Å². The van der Waals surface area contributed by atoms with Crippen LogP contribution in [-0.2, 0) is 4.84 Å². The van der Waals surface area contributed by atoms with E-state index in [9.17, 15) is 0 Å². The van der Waals surface area contributed by atoms with Crippen molar-refractivity contribution in [2.24, 2.45) is 10.4 Å². The van der Waals surface area contributed by atoms with Crippen LogP contribution in [0.25, 0.3) is 0 Å². The molecule has 1 heterocycles. The maximum atomic E-state index is 4.41. The molecule has 0 atom stereocenters. The summed E-state index contributed by atoms with van der Waals surface area (Å²) in [6, 6.07) is 0. The van der Waals surface area contributed by atoms with Crippen LogP contribution in [0.5, 0.6) is 0 Å². The normalized spacial score (nSPS) is 16.0. The first-order chi connectivity index (χ1) is 3.50. The lowest BCUT2D eigenvalue weighted by Crippen LogP contribution is -1.56. The molecule has 0 saturated heterocycles. The maximum Gasteiger partial charge on any atom is 0.124 e. The summed E-state index contributed by atoms with van der Waals surface area (Å²) < 4.78 is 0. The lowest BCUT2D eigenvalue weighted by molar-refractivity contribution is 0.243. The van der Waals surface area contributed by atoms with E-state index in [0.29, 0.717) is 0 Å². The third-order valence-corrected chi connectivity index (χ3v) is 0.498. The SMILES string of the molecule is C1=CN=NOC=C1. The van der Waals surface area contributed by atoms with Gasteiger partial charge in [-0.05, 0) is 12.2 Å². The van der Waals surface area contributed by atoms with Crippen LogP contribution >= 0.6 is 0 Å². The number of hydrogen-bond acceptors (Lipinski definition) is 3. The average molecular weight is 96.1 g/mol. The fourth-order valence-corrected chi connectivity index (χ4v) is 0.250. The monoisotopic (exact) mass is 96.0 g/mol. The lowest BCUT2D eigenvalue weighted by atomic mass is 10.6. The molecule has 0 radical (unpaired) electrons. The van der Waals surface area contributed by atoms with E-state index < -0.39 is 0 Å². The topological polar surface area (TPSA) is 34.0 Å². The molecule has 0 fully saturated rings. The van der Waals surface area contributed by atoms with Gasteiger partial charge in [0.15, 0.2) is 0 Å². The number of nitrogens with zero attached hydrogens (tertiary/aromatic N) is 2. The van der Waals surface area contributed by atoms with E-state index in [1.54, 1.807) is 18.4 Å². The van der Waals surface area contributed by atoms with E-state index in [4.69, 9.17) is 0 Å². The fourth-order valence-electron chi connectivity index (χ4n) is 0.250. The highest BCUT2D eigenvalue weighted by Gasteiger charge is 1.71. The number of rotatable bonds is 0. The van der Waals surface area contributed by atoms with Crippen molar-refractivity contribution in [2.75, 3.05) is 0 Å². The van der Waals surface area contributed by atoms with Crippen molar-refractivity contribution in [1.82, 2.24) is 0 Å². The van der Waals surface area contributed by atoms with Crippen molar-refractivity contribution in [3.05, 3.63) is 24.6 Å². The molecule has 36 valence electrons. The Labute approximate surface area is 41.0 Å². The Hall–Kier alpha value is -1.12. The smallest absolute Gasteiger partial charge is 0.124 e. The molecule has 3 nitrogen and oxygen atoms in total. The number of hydrogen-bond donors (Lipinski definition) is 0. The molecule has 0 unspecified atom stereocenters. The maximum absolute atomic E-state index is 4.41. The van der Waals surface area contributed by atoms with Gasteiger partial charge in [0.05, 0.1) is 6.20 Å². The third-order valence-electron chi connectivity index (χ3n) is 0.498. The zero-order chi connectivity index (χ0) is 4.95. The molecule has 0 aromatic carbocycles. The summed E-state index contributed by atoms with van der Waals surface area (Å²) in [4.78, 5) is 4.41. The summed E-state index contributed by atoms with van der Waals surface area (Å²) in [6.07, 6.45) is 6.44. The highest BCUT2D eigenvalue weighted by Crippen LogP contribution is 1.88. The summed E-state index contributed by atoms with van der Waals surface area (Å²) in [7, 11) is 0. The molecule has 0 aliphatic carbocycles. The van der Waals surface area contributed by atoms with Crippen LogP contribution in [0, 0.1) is 0 Å². The summed E-state index contributed by atoms with van der Waals surface area (Å²) in [6.45, 7) is 0. The van der Waals surface area contributed by atoms with Crippen LogP contribution in [0.1, 0.15) is 0 Å². The highest BCUT2D eigenvalue weighted by molar-refractivity contribution is 4.98. The second-order valence-corrected chi connectivity index (χ2v) is 0.973. The van der Waals surface area contributed by atoms with E-state index in [1.807, 2.05) is 0 Å². The zero-order valence-corrected chi connectivity index (χ0v) is 3.61. The van der Waals surface area contributed by atoms with Gasteiger partial charge >= 0.3 is 0 Å². The first-order valence-electron chi connectivity index (χ1n) is 1.88. The quantitative estimate of drug-likeness (QED) is 0.449. The van der Waals surface area contributed by atoms with Crippen molar-refractivity contribution in [1.29, 1.82) is 0 Å². The van der Waals surface area contributed by atoms with Gasteiger partial charge < -0.3 is 4.84 Å². The van der Waals surface area contributed by atoms with Crippen molar-refractivity contribution in [2.45, 2.75) is 0 Å². The molecule has 3 heteroatoms. The van der Waals surface area contributed by atoms with Crippen molar-refractivity contribution in [3.63, 3.8) is 0 Å². The molecule has 0 spiro atoms. The van der Waals surface area contributed by atoms with Gasteiger partial charge in [0.2, 0.25) is 0 Å². The van der Waals surface area contributed by atoms with E-state index in [2.05, 4.69) is 15.2 Å². The van der Waals surface area contributed by atoms with E-state index in [0.717, 1.165) is 0 Å². The second kappa shape index (κ2) is 2.12. The molecule has 7 heavy (non-hydrogen) atoms. The van der Waals surface area contributed by atoms with Gasteiger partial charge in [0, 0.05) is 5.28 Å². The highest BCUT2D eigenvalue weighted by atomic mass is 16.6. The predicted molar refractivity (Wildman–Crippen MR) is 24.2 cm³/mol. The Kier molecular flexibility index (Phi) is 1.23.